The highest BCUT2D eigenvalue weighted by Gasteiger charge is 2.14. The van der Waals surface area contributed by atoms with Crippen LogP contribution in [0.4, 0.5) is 0 Å². The Bertz CT molecular complexity index is 698. The molecule has 122 valence electrons. The maximum absolute atomic E-state index is 12.1. The monoisotopic (exact) mass is 330 g/mol. The lowest BCUT2D eigenvalue weighted by Gasteiger charge is -2.20. The maximum Gasteiger partial charge on any atom is 0.230 e. The van der Waals surface area contributed by atoms with Crippen molar-refractivity contribution in [2.75, 3.05) is 5.75 Å². The summed E-state index contributed by atoms with van der Waals surface area (Å²) in [6.45, 7) is 2.04. The number of rotatable bonds is 5. The minimum absolute atomic E-state index is 0.0169. The molecule has 0 radical (unpaired) electrons. The summed E-state index contributed by atoms with van der Waals surface area (Å²) < 4.78 is 1.81. The van der Waals surface area contributed by atoms with Gasteiger partial charge in [0, 0.05) is 7.05 Å². The van der Waals surface area contributed by atoms with Crippen molar-refractivity contribution in [3.63, 3.8) is 0 Å². The van der Waals surface area contributed by atoms with Gasteiger partial charge in [-0.25, -0.2) is 0 Å². The third-order valence-corrected chi connectivity index (χ3v) is 5.29. The molecule has 0 spiro atoms. The molecule has 3 rings (SSSR count). The van der Waals surface area contributed by atoms with E-state index in [1.54, 1.807) is 6.33 Å². The molecule has 23 heavy (non-hydrogen) atoms. The molecule has 1 aromatic carbocycles. The third-order valence-electron chi connectivity index (χ3n) is 4.25. The largest absolute Gasteiger partial charge is 0.349 e. The van der Waals surface area contributed by atoms with Gasteiger partial charge in [0.15, 0.2) is 5.16 Å². The van der Waals surface area contributed by atoms with Crippen molar-refractivity contribution < 1.29 is 4.79 Å². The standard InChI is InChI=1S/C17H22N4OS/c1-12(14-8-7-13-5-3-4-6-15(13)9-14)19-16(22)10-23-17-20-18-11-21(17)2/h7-9,11-12H,3-6,10H2,1-2H3,(H,19,22)/t12-/m1/s1. The number of hydrogen-bond acceptors (Lipinski definition) is 4. The molecule has 5 nitrogen and oxygen atoms in total. The van der Waals surface area contributed by atoms with Crippen LogP contribution in [0.5, 0.6) is 0 Å². The molecule has 0 fully saturated rings. The van der Waals surface area contributed by atoms with Crippen molar-refractivity contribution in [2.24, 2.45) is 7.05 Å². The molecule has 1 N–H and O–H groups in total. The molecular formula is C17H22N4OS. The lowest BCUT2D eigenvalue weighted by atomic mass is 9.89. The van der Waals surface area contributed by atoms with Crippen LogP contribution in [-0.2, 0) is 24.7 Å². The van der Waals surface area contributed by atoms with E-state index in [1.165, 1.54) is 47.7 Å². The second-order valence-corrected chi connectivity index (χ2v) is 6.98. The first-order valence-electron chi connectivity index (χ1n) is 8.01. The first kappa shape index (κ1) is 16.1. The summed E-state index contributed by atoms with van der Waals surface area (Å²) in [5.74, 6) is 0.366. The van der Waals surface area contributed by atoms with Crippen molar-refractivity contribution >= 4 is 17.7 Å². The fourth-order valence-corrected chi connectivity index (χ4v) is 3.62. The van der Waals surface area contributed by atoms with Crippen LogP contribution in [0, 0.1) is 0 Å². The second kappa shape index (κ2) is 7.17. The van der Waals surface area contributed by atoms with Gasteiger partial charge in [-0.05, 0) is 49.3 Å². The Hall–Kier alpha value is -1.82. The molecule has 0 bridgehead atoms. The van der Waals surface area contributed by atoms with Crippen molar-refractivity contribution in [2.45, 2.75) is 43.8 Å². The van der Waals surface area contributed by atoms with Gasteiger partial charge >= 0.3 is 0 Å². The molecule has 1 atom stereocenters. The molecule has 1 amide bonds. The number of nitrogens with zero attached hydrogens (tertiary/aromatic N) is 3. The van der Waals surface area contributed by atoms with E-state index in [0.29, 0.717) is 5.75 Å². The average molecular weight is 330 g/mol. The van der Waals surface area contributed by atoms with Crippen LogP contribution in [-0.4, -0.2) is 26.4 Å². The van der Waals surface area contributed by atoms with Crippen molar-refractivity contribution in [1.29, 1.82) is 0 Å². The van der Waals surface area contributed by atoms with Gasteiger partial charge in [0.2, 0.25) is 5.91 Å². The SMILES string of the molecule is C[C@@H](NC(=O)CSc1nncn1C)c1ccc2c(c1)CCCC2. The van der Waals surface area contributed by atoms with E-state index in [-0.39, 0.29) is 11.9 Å². The van der Waals surface area contributed by atoms with E-state index >= 15 is 0 Å². The van der Waals surface area contributed by atoms with Gasteiger partial charge in [0.1, 0.15) is 6.33 Å². The Balaban J connectivity index is 1.57. The Kier molecular flexibility index (Phi) is 5.00. The van der Waals surface area contributed by atoms with E-state index in [0.717, 1.165) is 11.6 Å². The van der Waals surface area contributed by atoms with Crippen LogP contribution in [0.25, 0.3) is 0 Å². The molecule has 1 aromatic heterocycles. The number of thioether (sulfide) groups is 1. The van der Waals surface area contributed by atoms with E-state index < -0.39 is 0 Å². The van der Waals surface area contributed by atoms with E-state index in [1.807, 2.05) is 18.5 Å². The van der Waals surface area contributed by atoms with Crippen molar-refractivity contribution in [1.82, 2.24) is 20.1 Å². The molecule has 2 aromatic rings. The predicted octanol–water partition coefficient (Wildman–Crippen LogP) is 2.66. The number of amides is 1. The molecule has 1 aliphatic carbocycles. The van der Waals surface area contributed by atoms with Gasteiger partial charge in [-0.3, -0.25) is 4.79 Å². The Morgan fingerprint density at radius 3 is 2.87 bits per heavy atom. The van der Waals surface area contributed by atoms with Crippen molar-refractivity contribution in [3.8, 4) is 0 Å². The van der Waals surface area contributed by atoms with Gasteiger partial charge in [0.05, 0.1) is 11.8 Å². The first-order chi connectivity index (χ1) is 11.1. The normalized spacial score (nSPS) is 15.0. The average Bonchev–Trinajstić information content (AvgIpc) is 2.97. The Morgan fingerprint density at radius 2 is 2.13 bits per heavy atom. The van der Waals surface area contributed by atoms with Crippen LogP contribution in [0.3, 0.4) is 0 Å². The predicted molar refractivity (Wildman–Crippen MR) is 91.4 cm³/mol. The van der Waals surface area contributed by atoms with Gasteiger partial charge in [0.25, 0.3) is 0 Å². The number of hydrogen-bond donors (Lipinski definition) is 1. The summed E-state index contributed by atoms with van der Waals surface area (Å²) in [6, 6.07) is 6.65. The summed E-state index contributed by atoms with van der Waals surface area (Å²) in [5.41, 5.74) is 4.10. The summed E-state index contributed by atoms with van der Waals surface area (Å²) in [7, 11) is 1.87. The second-order valence-electron chi connectivity index (χ2n) is 6.04. The number of carbonyl (C=O) groups is 1. The summed E-state index contributed by atoms with van der Waals surface area (Å²) in [5, 5.41) is 11.6. The number of carbonyl (C=O) groups excluding carboxylic acids is 1. The zero-order valence-corrected chi connectivity index (χ0v) is 14.4. The van der Waals surface area contributed by atoms with Gasteiger partial charge in [-0.15, -0.1) is 10.2 Å². The van der Waals surface area contributed by atoms with Crippen LogP contribution in [0.15, 0.2) is 29.7 Å². The molecule has 0 saturated carbocycles. The molecular weight excluding hydrogens is 308 g/mol. The quantitative estimate of drug-likeness (QED) is 0.856. The molecule has 0 aliphatic heterocycles. The lowest BCUT2D eigenvalue weighted by molar-refractivity contribution is -0.119. The van der Waals surface area contributed by atoms with E-state index in [9.17, 15) is 4.79 Å². The fourth-order valence-electron chi connectivity index (χ4n) is 2.92. The van der Waals surface area contributed by atoms with Crippen molar-refractivity contribution in [3.05, 3.63) is 41.2 Å². The van der Waals surface area contributed by atoms with E-state index in [4.69, 9.17) is 0 Å². The highest BCUT2D eigenvalue weighted by Crippen LogP contribution is 2.25. The number of aryl methyl sites for hydroxylation is 3. The minimum atomic E-state index is 0.0169. The van der Waals surface area contributed by atoms with Crippen LogP contribution in [0.1, 0.15) is 42.5 Å². The van der Waals surface area contributed by atoms with Gasteiger partial charge in [-0.2, -0.15) is 0 Å². The fraction of sp³-hybridized carbons (Fsp3) is 0.471. The number of nitrogens with one attached hydrogen (secondary N) is 1. The summed E-state index contributed by atoms with van der Waals surface area (Å²) in [6.07, 6.45) is 6.54. The van der Waals surface area contributed by atoms with Crippen LogP contribution < -0.4 is 5.32 Å². The first-order valence-corrected chi connectivity index (χ1v) is 9.00. The summed E-state index contributed by atoms with van der Waals surface area (Å²) >= 11 is 1.40. The van der Waals surface area contributed by atoms with E-state index in [2.05, 4.69) is 33.7 Å². The van der Waals surface area contributed by atoms with Crippen LogP contribution >= 0.6 is 11.8 Å². The third kappa shape index (κ3) is 3.93. The maximum atomic E-state index is 12.1. The van der Waals surface area contributed by atoms with Gasteiger partial charge in [-0.1, -0.05) is 30.0 Å². The molecule has 0 unspecified atom stereocenters. The number of fused-ring (bicyclic) bond motifs is 1. The highest BCUT2D eigenvalue weighted by atomic mass is 32.2. The molecule has 1 heterocycles. The summed E-state index contributed by atoms with van der Waals surface area (Å²) in [4.78, 5) is 12.1. The zero-order chi connectivity index (χ0) is 16.2. The lowest BCUT2D eigenvalue weighted by Crippen LogP contribution is -2.28. The number of benzene rings is 1. The zero-order valence-electron chi connectivity index (χ0n) is 13.6. The molecule has 1 aliphatic rings. The van der Waals surface area contributed by atoms with Gasteiger partial charge < -0.3 is 9.88 Å². The minimum Gasteiger partial charge on any atom is -0.349 e. The topological polar surface area (TPSA) is 59.8 Å². The highest BCUT2D eigenvalue weighted by molar-refractivity contribution is 7.99. The smallest absolute Gasteiger partial charge is 0.230 e. The Labute approximate surface area is 140 Å². The van der Waals surface area contributed by atoms with Crippen LogP contribution in [0.2, 0.25) is 0 Å². The Morgan fingerprint density at radius 1 is 1.35 bits per heavy atom. The molecule has 6 heteroatoms. The molecule has 0 saturated heterocycles. The number of aromatic nitrogens is 3.